The molecule has 0 spiro atoms. The van der Waals surface area contributed by atoms with Gasteiger partial charge >= 0.3 is 0 Å². The number of rotatable bonds is 7. The molecule has 1 amide bonds. The largest absolute Gasteiger partial charge is 0.493 e. The van der Waals surface area contributed by atoms with Gasteiger partial charge in [-0.05, 0) is 37.3 Å². The van der Waals surface area contributed by atoms with E-state index in [0.717, 1.165) is 0 Å². The van der Waals surface area contributed by atoms with Crippen molar-refractivity contribution in [1.29, 1.82) is 0 Å². The van der Waals surface area contributed by atoms with E-state index in [9.17, 15) is 4.79 Å². The number of nitrogens with one attached hydrogen (secondary N) is 1. The van der Waals surface area contributed by atoms with Crippen LogP contribution in [0.25, 0.3) is 0 Å². The van der Waals surface area contributed by atoms with Crippen molar-refractivity contribution in [3.63, 3.8) is 0 Å². The van der Waals surface area contributed by atoms with Crippen molar-refractivity contribution in [3.05, 3.63) is 40.9 Å². The van der Waals surface area contributed by atoms with E-state index < -0.39 is 0 Å². The summed E-state index contributed by atoms with van der Waals surface area (Å²) in [4.78, 5) is 12.7. The van der Waals surface area contributed by atoms with Gasteiger partial charge in [0.1, 0.15) is 5.75 Å². The highest BCUT2D eigenvalue weighted by Gasteiger charge is 2.18. The van der Waals surface area contributed by atoms with Crippen molar-refractivity contribution in [3.8, 4) is 23.0 Å². The first-order valence-electron chi connectivity index (χ1n) is 7.57. The molecule has 134 valence electrons. The van der Waals surface area contributed by atoms with E-state index >= 15 is 0 Å². The zero-order chi connectivity index (χ0) is 18.4. The molecule has 6 nitrogen and oxygen atoms in total. The molecule has 0 aliphatic heterocycles. The normalized spacial score (nSPS) is 10.1. The van der Waals surface area contributed by atoms with Crippen molar-refractivity contribution < 1.29 is 23.7 Å². The maximum atomic E-state index is 12.7. The molecule has 2 aromatic carbocycles. The highest BCUT2D eigenvalue weighted by atomic mass is 35.5. The van der Waals surface area contributed by atoms with Crippen LogP contribution in [0.5, 0.6) is 23.0 Å². The number of amides is 1. The predicted octanol–water partition coefficient (Wildman–Crippen LogP) is 4.02. The summed E-state index contributed by atoms with van der Waals surface area (Å²) in [5.41, 5.74) is 0.824. The van der Waals surface area contributed by atoms with Gasteiger partial charge < -0.3 is 24.3 Å². The van der Waals surface area contributed by atoms with Crippen molar-refractivity contribution in [1.82, 2.24) is 0 Å². The Morgan fingerprint density at radius 1 is 1.00 bits per heavy atom. The lowest BCUT2D eigenvalue weighted by Gasteiger charge is -2.15. The minimum atomic E-state index is -0.359. The molecule has 0 saturated carbocycles. The lowest BCUT2D eigenvalue weighted by Crippen LogP contribution is -2.13. The zero-order valence-corrected chi connectivity index (χ0v) is 15.3. The summed E-state index contributed by atoms with van der Waals surface area (Å²) in [5, 5.41) is 3.28. The second-order valence-electron chi connectivity index (χ2n) is 4.94. The predicted molar refractivity (Wildman–Crippen MR) is 96.7 cm³/mol. The summed E-state index contributed by atoms with van der Waals surface area (Å²) < 4.78 is 21.3. The van der Waals surface area contributed by atoms with Crippen LogP contribution in [0.15, 0.2) is 30.3 Å². The first-order valence-corrected chi connectivity index (χ1v) is 7.95. The van der Waals surface area contributed by atoms with Gasteiger partial charge in [0.25, 0.3) is 5.91 Å². The number of ether oxygens (including phenoxy) is 4. The summed E-state index contributed by atoms with van der Waals surface area (Å²) in [6, 6.07) is 8.17. The Balaban J connectivity index is 2.37. The standard InChI is InChI=1S/C18H20ClNO5/c1-5-25-14-7-6-12(19)10-13(14)20-18(21)11-8-15(22-2)17(24-4)16(9-11)23-3/h6-10H,5H2,1-4H3,(H,20,21). The van der Waals surface area contributed by atoms with Crippen molar-refractivity contribution in [2.24, 2.45) is 0 Å². The van der Waals surface area contributed by atoms with E-state index in [1.54, 1.807) is 30.3 Å². The average molecular weight is 366 g/mol. The molecule has 0 heterocycles. The lowest BCUT2D eigenvalue weighted by atomic mass is 10.1. The van der Waals surface area contributed by atoms with Gasteiger partial charge in [0, 0.05) is 10.6 Å². The highest BCUT2D eigenvalue weighted by molar-refractivity contribution is 6.31. The minimum Gasteiger partial charge on any atom is -0.493 e. The first kappa shape index (κ1) is 18.7. The summed E-state index contributed by atoms with van der Waals surface area (Å²) in [6.45, 7) is 2.33. The smallest absolute Gasteiger partial charge is 0.256 e. The molecule has 0 bridgehead atoms. The van der Waals surface area contributed by atoms with E-state index in [1.165, 1.54) is 21.3 Å². The summed E-state index contributed by atoms with van der Waals surface area (Å²) in [6.07, 6.45) is 0. The highest BCUT2D eigenvalue weighted by Crippen LogP contribution is 2.38. The van der Waals surface area contributed by atoms with Crippen LogP contribution in [0.2, 0.25) is 5.02 Å². The number of benzene rings is 2. The number of anilines is 1. The van der Waals surface area contributed by atoms with Gasteiger partial charge in [0.05, 0.1) is 33.6 Å². The van der Waals surface area contributed by atoms with Crippen LogP contribution < -0.4 is 24.3 Å². The molecule has 7 heteroatoms. The molecule has 2 rings (SSSR count). The van der Waals surface area contributed by atoms with Gasteiger partial charge in [-0.2, -0.15) is 0 Å². The van der Waals surface area contributed by atoms with E-state index in [4.69, 9.17) is 30.5 Å². The molecule has 0 aromatic heterocycles. The molecule has 1 N–H and O–H groups in total. The molecular formula is C18H20ClNO5. The number of hydrogen-bond donors (Lipinski definition) is 1. The maximum absolute atomic E-state index is 12.7. The molecule has 0 unspecified atom stereocenters. The van der Waals surface area contributed by atoms with Crippen LogP contribution in [0.1, 0.15) is 17.3 Å². The monoisotopic (exact) mass is 365 g/mol. The van der Waals surface area contributed by atoms with Gasteiger partial charge in [0.2, 0.25) is 5.75 Å². The SMILES string of the molecule is CCOc1ccc(Cl)cc1NC(=O)c1cc(OC)c(OC)c(OC)c1. The van der Waals surface area contributed by atoms with Crippen LogP contribution in [-0.4, -0.2) is 33.8 Å². The summed E-state index contributed by atoms with van der Waals surface area (Å²) >= 11 is 6.02. The fourth-order valence-corrected chi connectivity index (χ4v) is 2.46. The van der Waals surface area contributed by atoms with Gasteiger partial charge in [-0.15, -0.1) is 0 Å². The van der Waals surface area contributed by atoms with Crippen LogP contribution >= 0.6 is 11.6 Å². The van der Waals surface area contributed by atoms with Gasteiger partial charge in [-0.3, -0.25) is 4.79 Å². The van der Waals surface area contributed by atoms with Crippen molar-refractivity contribution >= 4 is 23.2 Å². The third-order valence-electron chi connectivity index (χ3n) is 3.42. The Morgan fingerprint density at radius 2 is 1.64 bits per heavy atom. The van der Waals surface area contributed by atoms with Crippen molar-refractivity contribution in [2.75, 3.05) is 33.3 Å². The van der Waals surface area contributed by atoms with E-state index in [0.29, 0.717) is 45.9 Å². The number of carbonyl (C=O) groups excluding carboxylic acids is 1. The lowest BCUT2D eigenvalue weighted by molar-refractivity contribution is 0.102. The molecule has 0 saturated heterocycles. The van der Waals surface area contributed by atoms with Crippen molar-refractivity contribution in [2.45, 2.75) is 6.92 Å². The zero-order valence-electron chi connectivity index (χ0n) is 14.5. The number of carbonyl (C=O) groups is 1. The third-order valence-corrected chi connectivity index (χ3v) is 3.65. The minimum absolute atomic E-state index is 0.344. The quantitative estimate of drug-likeness (QED) is 0.802. The Labute approximate surface area is 151 Å². The van der Waals surface area contributed by atoms with Crippen LogP contribution in [0.3, 0.4) is 0 Å². The van der Waals surface area contributed by atoms with Gasteiger partial charge in [-0.25, -0.2) is 0 Å². The first-order chi connectivity index (χ1) is 12.0. The van der Waals surface area contributed by atoms with Gasteiger partial charge in [-0.1, -0.05) is 11.6 Å². The second-order valence-corrected chi connectivity index (χ2v) is 5.38. The second kappa shape index (κ2) is 8.48. The summed E-state index contributed by atoms with van der Waals surface area (Å²) in [5.74, 6) is 1.38. The number of hydrogen-bond acceptors (Lipinski definition) is 5. The Bertz CT molecular complexity index is 738. The van der Waals surface area contributed by atoms with Crippen LogP contribution in [0, 0.1) is 0 Å². The number of halogens is 1. The van der Waals surface area contributed by atoms with E-state index in [-0.39, 0.29) is 5.91 Å². The van der Waals surface area contributed by atoms with Crippen LogP contribution in [0.4, 0.5) is 5.69 Å². The van der Waals surface area contributed by atoms with E-state index in [2.05, 4.69) is 5.32 Å². The molecule has 0 fully saturated rings. The Kier molecular flexibility index (Phi) is 6.36. The molecule has 0 aliphatic carbocycles. The molecule has 0 atom stereocenters. The average Bonchev–Trinajstić information content (AvgIpc) is 2.62. The number of methoxy groups -OCH3 is 3. The molecule has 0 radical (unpaired) electrons. The Morgan fingerprint density at radius 3 is 2.16 bits per heavy atom. The molecule has 2 aromatic rings. The fourth-order valence-electron chi connectivity index (χ4n) is 2.29. The third kappa shape index (κ3) is 4.28. The topological polar surface area (TPSA) is 66.0 Å². The maximum Gasteiger partial charge on any atom is 0.256 e. The molecular weight excluding hydrogens is 346 g/mol. The van der Waals surface area contributed by atoms with Gasteiger partial charge in [0.15, 0.2) is 11.5 Å². The summed E-state index contributed by atoms with van der Waals surface area (Å²) in [7, 11) is 4.48. The molecule has 25 heavy (non-hydrogen) atoms. The van der Waals surface area contributed by atoms with Crippen LogP contribution in [-0.2, 0) is 0 Å². The fraction of sp³-hybridized carbons (Fsp3) is 0.278. The molecule has 0 aliphatic rings. The Hall–Kier alpha value is -2.60. The van der Waals surface area contributed by atoms with E-state index in [1.807, 2.05) is 6.92 Å².